The van der Waals surface area contributed by atoms with E-state index in [2.05, 4.69) is 10.3 Å². The molecule has 1 amide bonds. The number of para-hydroxylation sites is 2. The van der Waals surface area contributed by atoms with Gasteiger partial charge >= 0.3 is 5.69 Å². The summed E-state index contributed by atoms with van der Waals surface area (Å²) in [7, 11) is 0. The van der Waals surface area contributed by atoms with Crippen molar-refractivity contribution in [2.45, 2.75) is 0 Å². The van der Waals surface area contributed by atoms with Crippen LogP contribution in [0.3, 0.4) is 0 Å². The number of thiazole rings is 1. The van der Waals surface area contributed by atoms with Gasteiger partial charge < -0.3 is 14.2 Å². The number of nitro benzene ring substituents is 1. The van der Waals surface area contributed by atoms with Crippen LogP contribution in [-0.4, -0.2) is 29.2 Å². The number of nitrogens with zero attached hydrogens (tertiary/aromatic N) is 2. The molecule has 0 atom stereocenters. The van der Waals surface area contributed by atoms with Crippen LogP contribution < -0.4 is 19.5 Å². The molecule has 0 spiro atoms. The minimum absolute atomic E-state index is 0.0304. The van der Waals surface area contributed by atoms with Gasteiger partial charge in [0.05, 0.1) is 10.6 Å². The van der Waals surface area contributed by atoms with Gasteiger partial charge in [-0.1, -0.05) is 12.1 Å². The van der Waals surface area contributed by atoms with E-state index in [0.717, 1.165) is 5.56 Å². The Balaban J connectivity index is 1.39. The van der Waals surface area contributed by atoms with Crippen molar-refractivity contribution in [1.29, 1.82) is 0 Å². The lowest BCUT2D eigenvalue weighted by molar-refractivity contribution is -0.385. The smallest absolute Gasteiger partial charge is 0.310 e. The Bertz CT molecular complexity index is 1050. The van der Waals surface area contributed by atoms with E-state index < -0.39 is 10.8 Å². The van der Waals surface area contributed by atoms with Crippen LogP contribution in [0.5, 0.6) is 17.2 Å². The molecule has 2 heterocycles. The van der Waals surface area contributed by atoms with E-state index in [-0.39, 0.29) is 24.8 Å². The van der Waals surface area contributed by atoms with Gasteiger partial charge in [0.2, 0.25) is 6.79 Å². The summed E-state index contributed by atoms with van der Waals surface area (Å²) in [6, 6.07) is 11.3. The van der Waals surface area contributed by atoms with Crippen molar-refractivity contribution < 1.29 is 23.9 Å². The molecule has 4 rings (SSSR count). The summed E-state index contributed by atoms with van der Waals surface area (Å²) in [4.78, 5) is 26.9. The van der Waals surface area contributed by atoms with Crippen molar-refractivity contribution in [3.05, 3.63) is 58.0 Å². The van der Waals surface area contributed by atoms with E-state index in [9.17, 15) is 14.9 Å². The Morgan fingerprint density at radius 1 is 1.25 bits per heavy atom. The zero-order valence-corrected chi connectivity index (χ0v) is 15.1. The van der Waals surface area contributed by atoms with Gasteiger partial charge in [0.25, 0.3) is 5.91 Å². The number of ether oxygens (including phenoxy) is 3. The number of nitrogens with one attached hydrogen (secondary N) is 1. The maximum atomic E-state index is 12.1. The summed E-state index contributed by atoms with van der Waals surface area (Å²) < 4.78 is 15.9. The second-order valence-electron chi connectivity index (χ2n) is 5.67. The van der Waals surface area contributed by atoms with Crippen LogP contribution in [0.25, 0.3) is 11.3 Å². The Morgan fingerprint density at radius 3 is 2.93 bits per heavy atom. The number of aromatic nitrogens is 1. The molecular weight excluding hydrogens is 386 g/mol. The van der Waals surface area contributed by atoms with Crippen molar-refractivity contribution in [3.8, 4) is 28.5 Å². The number of fused-ring (bicyclic) bond motifs is 1. The second kappa shape index (κ2) is 7.53. The Hall–Kier alpha value is -3.66. The maximum absolute atomic E-state index is 12.1. The Labute approximate surface area is 162 Å². The maximum Gasteiger partial charge on any atom is 0.310 e. The number of rotatable bonds is 6. The van der Waals surface area contributed by atoms with E-state index in [1.54, 1.807) is 17.5 Å². The first kappa shape index (κ1) is 17.7. The number of carbonyl (C=O) groups excluding carboxylic acids is 1. The van der Waals surface area contributed by atoms with Crippen LogP contribution in [0.4, 0.5) is 10.8 Å². The van der Waals surface area contributed by atoms with E-state index in [1.165, 1.54) is 29.5 Å². The quantitative estimate of drug-likeness (QED) is 0.499. The summed E-state index contributed by atoms with van der Waals surface area (Å²) in [5.41, 5.74) is 1.31. The molecule has 1 aromatic heterocycles. The van der Waals surface area contributed by atoms with Crippen molar-refractivity contribution in [2.75, 3.05) is 18.7 Å². The zero-order chi connectivity index (χ0) is 19.5. The lowest BCUT2D eigenvalue weighted by atomic mass is 10.1. The Morgan fingerprint density at radius 2 is 2.07 bits per heavy atom. The van der Waals surface area contributed by atoms with E-state index in [0.29, 0.717) is 22.3 Å². The van der Waals surface area contributed by atoms with Gasteiger partial charge in [-0.3, -0.25) is 20.2 Å². The van der Waals surface area contributed by atoms with Crippen LogP contribution in [0.2, 0.25) is 0 Å². The molecule has 0 aliphatic carbocycles. The Kier molecular flexibility index (Phi) is 4.77. The number of hydrogen-bond donors (Lipinski definition) is 1. The molecule has 0 unspecified atom stereocenters. The van der Waals surface area contributed by atoms with Gasteiger partial charge in [0.1, 0.15) is 0 Å². The van der Waals surface area contributed by atoms with E-state index in [4.69, 9.17) is 14.2 Å². The van der Waals surface area contributed by atoms with Crippen molar-refractivity contribution in [1.82, 2.24) is 4.98 Å². The molecule has 0 saturated heterocycles. The molecule has 1 aliphatic rings. The van der Waals surface area contributed by atoms with Crippen LogP contribution in [0.15, 0.2) is 47.8 Å². The van der Waals surface area contributed by atoms with Crippen molar-refractivity contribution in [3.63, 3.8) is 0 Å². The van der Waals surface area contributed by atoms with Gasteiger partial charge in [-0.15, -0.1) is 11.3 Å². The third kappa shape index (κ3) is 3.71. The van der Waals surface area contributed by atoms with Crippen LogP contribution >= 0.6 is 11.3 Å². The molecule has 1 aliphatic heterocycles. The molecule has 142 valence electrons. The lowest BCUT2D eigenvalue weighted by Crippen LogP contribution is -2.20. The van der Waals surface area contributed by atoms with E-state index >= 15 is 0 Å². The van der Waals surface area contributed by atoms with Gasteiger partial charge in [-0.2, -0.15) is 0 Å². The highest BCUT2D eigenvalue weighted by atomic mass is 32.1. The molecular formula is C18H13N3O6S. The SMILES string of the molecule is O=C(COc1ccccc1[N+](=O)[O-])Nc1nc(-c2ccc3c(c2)OCO3)cs1. The molecule has 28 heavy (non-hydrogen) atoms. The third-order valence-electron chi connectivity index (χ3n) is 3.84. The summed E-state index contributed by atoms with van der Waals surface area (Å²) in [5.74, 6) is 0.890. The van der Waals surface area contributed by atoms with Gasteiger partial charge in [-0.05, 0) is 24.3 Å². The molecule has 0 saturated carbocycles. The molecule has 0 bridgehead atoms. The number of benzene rings is 2. The largest absolute Gasteiger partial charge is 0.477 e. The molecule has 0 fully saturated rings. The van der Waals surface area contributed by atoms with Crippen molar-refractivity contribution >= 4 is 28.1 Å². The topological polar surface area (TPSA) is 113 Å². The highest BCUT2D eigenvalue weighted by molar-refractivity contribution is 7.14. The minimum Gasteiger partial charge on any atom is -0.477 e. The van der Waals surface area contributed by atoms with Crippen LogP contribution in [0, 0.1) is 10.1 Å². The summed E-state index contributed by atoms with van der Waals surface area (Å²) >= 11 is 1.26. The first-order valence-corrected chi connectivity index (χ1v) is 9.00. The first-order valence-electron chi connectivity index (χ1n) is 8.12. The molecule has 2 aromatic carbocycles. The predicted molar refractivity (Wildman–Crippen MR) is 101 cm³/mol. The molecule has 1 N–H and O–H groups in total. The van der Waals surface area contributed by atoms with Crippen LogP contribution in [-0.2, 0) is 4.79 Å². The number of carbonyl (C=O) groups is 1. The molecule has 0 radical (unpaired) electrons. The summed E-state index contributed by atoms with van der Waals surface area (Å²) in [6.45, 7) is -0.180. The average molecular weight is 399 g/mol. The molecule has 9 nitrogen and oxygen atoms in total. The summed E-state index contributed by atoms with van der Waals surface area (Å²) in [6.07, 6.45) is 0. The second-order valence-corrected chi connectivity index (χ2v) is 6.53. The fourth-order valence-electron chi connectivity index (χ4n) is 2.55. The predicted octanol–water partition coefficient (Wildman–Crippen LogP) is 3.46. The normalized spacial score (nSPS) is 11.9. The van der Waals surface area contributed by atoms with Crippen LogP contribution in [0.1, 0.15) is 0 Å². The number of amides is 1. The van der Waals surface area contributed by atoms with Gasteiger partial charge in [0.15, 0.2) is 29.0 Å². The number of anilines is 1. The summed E-state index contributed by atoms with van der Waals surface area (Å²) in [5, 5.41) is 15.8. The first-order chi connectivity index (χ1) is 13.6. The van der Waals surface area contributed by atoms with Gasteiger partial charge in [-0.25, -0.2) is 4.98 Å². The van der Waals surface area contributed by atoms with E-state index in [1.807, 2.05) is 12.1 Å². The fraction of sp³-hybridized carbons (Fsp3) is 0.111. The highest BCUT2D eigenvalue weighted by Crippen LogP contribution is 2.36. The standard InChI is InChI=1S/C18H13N3O6S/c22-17(8-25-14-4-2-1-3-13(14)21(23)24)20-18-19-12(9-28-18)11-5-6-15-16(7-11)27-10-26-15/h1-7,9H,8,10H2,(H,19,20,22). The minimum atomic E-state index is -0.564. The van der Waals surface area contributed by atoms with Crippen molar-refractivity contribution in [2.24, 2.45) is 0 Å². The molecule has 10 heteroatoms. The average Bonchev–Trinajstić information content (AvgIpc) is 3.35. The zero-order valence-electron chi connectivity index (χ0n) is 14.3. The third-order valence-corrected chi connectivity index (χ3v) is 4.60. The number of hydrogen-bond acceptors (Lipinski definition) is 8. The van der Waals surface area contributed by atoms with Gasteiger partial charge in [0, 0.05) is 17.0 Å². The number of nitro groups is 1. The monoisotopic (exact) mass is 399 g/mol. The fourth-order valence-corrected chi connectivity index (χ4v) is 3.28. The highest BCUT2D eigenvalue weighted by Gasteiger charge is 2.17. The lowest BCUT2D eigenvalue weighted by Gasteiger charge is -2.06. The molecule has 3 aromatic rings.